The summed E-state index contributed by atoms with van der Waals surface area (Å²) in [5.74, 6) is -12.3. The van der Waals surface area contributed by atoms with Crippen LogP contribution < -0.4 is 71.2 Å². The number of aliphatic hydroxyl groups excluding tert-OH is 2. The Bertz CT molecular complexity index is 1600. The van der Waals surface area contributed by atoms with E-state index in [9.17, 15) is 67.7 Å². The zero-order valence-electron chi connectivity index (χ0n) is 33.4. The van der Waals surface area contributed by atoms with E-state index in [0.717, 1.165) is 0 Å². The summed E-state index contributed by atoms with van der Waals surface area (Å²) in [6.07, 6.45) is -1.23. The van der Waals surface area contributed by atoms with Crippen LogP contribution in [0.15, 0.2) is 0 Å². The third-order valence-corrected chi connectivity index (χ3v) is 8.22. The Hall–Kier alpha value is -6.52. The Morgan fingerprint density at radius 2 is 0.984 bits per heavy atom. The van der Waals surface area contributed by atoms with Gasteiger partial charge in [-0.1, -0.05) is 0 Å². The number of unbranched alkanes of at least 4 members (excludes halogenated alkanes) is 1. The molecule has 28 nitrogen and oxygen atoms in total. The third kappa shape index (κ3) is 23.0. The summed E-state index contributed by atoms with van der Waals surface area (Å²) >= 11 is 0. The number of primary amides is 3. The van der Waals surface area contributed by atoms with Crippen LogP contribution in [0, 0.1) is 0 Å². The minimum atomic E-state index is -1.76. The van der Waals surface area contributed by atoms with Crippen LogP contribution in [0.2, 0.25) is 0 Å². The minimum absolute atomic E-state index is 0.0102. The first kappa shape index (κ1) is 54.5. The lowest BCUT2D eigenvalue weighted by molar-refractivity contribution is -0.144. The van der Waals surface area contributed by atoms with E-state index in [0.29, 0.717) is 12.8 Å². The lowest BCUT2D eigenvalue weighted by Crippen LogP contribution is -2.59. The molecule has 61 heavy (non-hydrogen) atoms. The highest BCUT2D eigenvalue weighted by Gasteiger charge is 2.32. The van der Waals surface area contributed by atoms with Crippen molar-refractivity contribution in [3.8, 4) is 0 Å². The molecule has 0 aliphatic carbocycles. The summed E-state index contributed by atoms with van der Waals surface area (Å²) in [5.41, 5.74) is 26.5. The average molecular weight is 876 g/mol. The minimum Gasteiger partial charge on any atom is -0.480 e. The molecule has 0 spiro atoms. The van der Waals surface area contributed by atoms with Crippen molar-refractivity contribution in [1.29, 1.82) is 0 Å². The quantitative estimate of drug-likeness (QED) is 0.0288. The number of carboxylic acids is 1. The van der Waals surface area contributed by atoms with Gasteiger partial charge in [0, 0.05) is 12.8 Å². The normalized spacial score (nSPS) is 14.1. The molecular weight excluding hydrogens is 818 g/mol. The Balaban J connectivity index is 5.55. The maximum Gasteiger partial charge on any atom is 0.326 e. The van der Waals surface area contributed by atoms with Gasteiger partial charge in [-0.25, -0.2) is 4.79 Å². The van der Waals surface area contributed by atoms with Crippen molar-refractivity contribution in [3.05, 3.63) is 0 Å². The summed E-state index contributed by atoms with van der Waals surface area (Å²) in [5, 5.41) is 46.0. The topological polar surface area (TPSA) is 492 Å². The fraction of sp³-hybridized carbons (Fsp3) is 0.636. The number of carboxylic acid groups (broad SMARTS) is 1. The van der Waals surface area contributed by atoms with Crippen LogP contribution in [0.3, 0.4) is 0 Å². The van der Waals surface area contributed by atoms with E-state index in [4.69, 9.17) is 33.8 Å². The summed E-state index contributed by atoms with van der Waals surface area (Å²) < 4.78 is 0. The van der Waals surface area contributed by atoms with E-state index in [-0.39, 0.29) is 25.8 Å². The van der Waals surface area contributed by atoms with Gasteiger partial charge in [0.1, 0.15) is 36.3 Å². The molecule has 28 heteroatoms. The number of hydrogen-bond acceptors (Lipinski definition) is 16. The molecule has 0 saturated carbocycles. The van der Waals surface area contributed by atoms with Crippen LogP contribution >= 0.6 is 0 Å². The molecule has 0 heterocycles. The standard InChI is InChI=1S/C33H57N13O15/c1-15(41-28(55)16(35)5-7-22(36)49)27(54)43-17(4-2-3-9-34)30(57)46-21(14-48)32(59)44-18(6-8-23(37)50)29(56)40-11-25(52)39-12-26(53)42-20(13-47)31(58)45-19(33(60)61)10-24(38)51/h15-21,47-48H,2-14,34-35H2,1H3,(H2,36,49)(H2,37,50)(H2,38,51)(H,39,52)(H,40,56)(H,41,55)(H,42,53)(H,43,54)(H,44,59)(H,45,58)(H,46,57)(H,60,61)/t15-,16-,17-,18-,19-,20-,21-/m0/s1. The highest BCUT2D eigenvalue weighted by molar-refractivity contribution is 5.97. The number of nitrogens with one attached hydrogen (secondary N) is 8. The lowest BCUT2D eigenvalue weighted by atomic mass is 10.1. The molecule has 0 aromatic carbocycles. The molecule has 0 fully saturated rings. The molecule has 0 rings (SSSR count). The number of carbonyl (C=O) groups is 12. The predicted molar refractivity (Wildman–Crippen MR) is 207 cm³/mol. The van der Waals surface area contributed by atoms with Gasteiger partial charge in [-0.05, 0) is 45.6 Å². The molecule has 0 aliphatic heterocycles. The first-order valence-corrected chi connectivity index (χ1v) is 18.7. The second kappa shape index (κ2) is 28.8. The maximum atomic E-state index is 13.3. The van der Waals surface area contributed by atoms with Gasteiger partial charge in [0.2, 0.25) is 65.0 Å². The summed E-state index contributed by atoms with van der Waals surface area (Å²) in [4.78, 5) is 147. The van der Waals surface area contributed by atoms with E-state index < -0.39 is 159 Å². The van der Waals surface area contributed by atoms with Crippen molar-refractivity contribution in [2.24, 2.45) is 28.7 Å². The Morgan fingerprint density at radius 1 is 0.508 bits per heavy atom. The van der Waals surface area contributed by atoms with Crippen LogP contribution in [-0.2, 0) is 57.5 Å². The number of rotatable bonds is 31. The Kier molecular flexibility index (Phi) is 25.7. The molecule has 21 N–H and O–H groups in total. The van der Waals surface area contributed by atoms with E-state index in [1.54, 1.807) is 0 Å². The van der Waals surface area contributed by atoms with Crippen LogP contribution in [0.5, 0.6) is 0 Å². The second-order valence-corrected chi connectivity index (χ2v) is 13.4. The predicted octanol–water partition coefficient (Wildman–Crippen LogP) is -9.92. The van der Waals surface area contributed by atoms with E-state index in [2.05, 4.69) is 31.9 Å². The molecule has 0 aromatic rings. The smallest absolute Gasteiger partial charge is 0.326 e. The number of aliphatic hydroxyl groups is 2. The number of hydrogen-bond donors (Lipinski definition) is 16. The van der Waals surface area contributed by atoms with E-state index in [1.807, 2.05) is 10.6 Å². The summed E-state index contributed by atoms with van der Waals surface area (Å²) in [6, 6.07) is -10.5. The zero-order valence-corrected chi connectivity index (χ0v) is 33.4. The van der Waals surface area contributed by atoms with Crippen molar-refractivity contribution in [1.82, 2.24) is 42.5 Å². The SMILES string of the molecule is C[C@H](NC(=O)[C@@H](N)CCC(N)=O)C(=O)N[C@@H](CCCCN)C(=O)N[C@@H](CO)C(=O)N[C@@H](CCC(N)=O)C(=O)NCC(=O)NCC(=O)N[C@@H](CO)C(=O)N[C@@H](CC(N)=O)C(=O)O. The van der Waals surface area contributed by atoms with Gasteiger partial charge < -0.3 is 86.5 Å². The molecule has 344 valence electrons. The van der Waals surface area contributed by atoms with Gasteiger partial charge in [-0.15, -0.1) is 0 Å². The molecule has 0 aromatic heterocycles. The third-order valence-electron chi connectivity index (χ3n) is 8.22. The number of carbonyl (C=O) groups excluding carboxylic acids is 11. The van der Waals surface area contributed by atoms with Crippen LogP contribution in [0.25, 0.3) is 0 Å². The van der Waals surface area contributed by atoms with Crippen molar-refractivity contribution < 1.29 is 72.9 Å². The van der Waals surface area contributed by atoms with Crippen molar-refractivity contribution in [3.63, 3.8) is 0 Å². The number of amides is 11. The van der Waals surface area contributed by atoms with Crippen molar-refractivity contribution in [2.75, 3.05) is 32.8 Å². The fourth-order valence-electron chi connectivity index (χ4n) is 4.81. The van der Waals surface area contributed by atoms with Crippen LogP contribution in [0.1, 0.15) is 58.3 Å². The number of nitrogens with two attached hydrogens (primary N) is 5. The fourth-order valence-corrected chi connectivity index (χ4v) is 4.81. The van der Waals surface area contributed by atoms with Gasteiger partial charge in [-0.2, -0.15) is 0 Å². The molecule has 0 saturated heterocycles. The second-order valence-electron chi connectivity index (χ2n) is 13.4. The Labute approximate surface area is 348 Å². The zero-order chi connectivity index (χ0) is 46.8. The molecule has 0 unspecified atom stereocenters. The number of aliphatic carboxylic acids is 1. The maximum absolute atomic E-state index is 13.3. The van der Waals surface area contributed by atoms with Crippen LogP contribution in [0.4, 0.5) is 0 Å². The van der Waals surface area contributed by atoms with Gasteiger partial charge in [0.25, 0.3) is 0 Å². The molecule has 7 atom stereocenters. The lowest BCUT2D eigenvalue weighted by Gasteiger charge is -2.25. The first-order valence-electron chi connectivity index (χ1n) is 18.7. The first-order chi connectivity index (χ1) is 28.6. The van der Waals surface area contributed by atoms with Crippen LogP contribution in [-0.4, -0.2) is 161 Å². The molecule has 0 aliphatic rings. The highest BCUT2D eigenvalue weighted by Crippen LogP contribution is 2.05. The molecule has 0 bridgehead atoms. The molecule has 0 radical (unpaired) electrons. The monoisotopic (exact) mass is 875 g/mol. The summed E-state index contributed by atoms with van der Waals surface area (Å²) in [6.45, 7) is -2.17. The van der Waals surface area contributed by atoms with Crippen molar-refractivity contribution >= 4 is 70.9 Å². The van der Waals surface area contributed by atoms with Gasteiger partial charge in [0.15, 0.2) is 0 Å². The van der Waals surface area contributed by atoms with E-state index in [1.165, 1.54) is 6.92 Å². The average Bonchev–Trinajstić information content (AvgIpc) is 3.19. The molecular formula is C33H57N13O15. The van der Waals surface area contributed by atoms with Crippen molar-refractivity contribution in [2.45, 2.75) is 101 Å². The Morgan fingerprint density at radius 3 is 1.51 bits per heavy atom. The largest absolute Gasteiger partial charge is 0.480 e. The van der Waals surface area contributed by atoms with E-state index >= 15 is 0 Å². The van der Waals surface area contributed by atoms with Gasteiger partial charge in [0.05, 0.1) is 38.8 Å². The highest BCUT2D eigenvalue weighted by atomic mass is 16.4. The van der Waals surface area contributed by atoms with Gasteiger partial charge in [-0.3, -0.25) is 52.7 Å². The summed E-state index contributed by atoms with van der Waals surface area (Å²) in [7, 11) is 0. The van der Waals surface area contributed by atoms with Gasteiger partial charge >= 0.3 is 5.97 Å². The molecule has 11 amide bonds.